The summed E-state index contributed by atoms with van der Waals surface area (Å²) < 4.78 is 16.1. The normalized spacial score (nSPS) is 16.5. The van der Waals surface area contributed by atoms with Crippen LogP contribution in [0.1, 0.15) is 47.6 Å². The summed E-state index contributed by atoms with van der Waals surface area (Å²) in [5, 5.41) is 4.17. The van der Waals surface area contributed by atoms with Crippen LogP contribution >= 0.6 is 0 Å². The molecule has 4 rings (SSSR count). The van der Waals surface area contributed by atoms with Crippen molar-refractivity contribution < 1.29 is 14.0 Å². The monoisotopic (exact) mass is 390 g/mol. The number of aryl methyl sites for hydroxylation is 1. The minimum absolute atomic E-state index is 0.0481. The van der Waals surface area contributed by atoms with Crippen LogP contribution in [0.2, 0.25) is 0 Å². The van der Waals surface area contributed by atoms with Gasteiger partial charge in [-0.25, -0.2) is 9.18 Å². The molecule has 0 radical (unpaired) electrons. The molecule has 0 aliphatic heterocycles. The number of oxime groups is 1. The average molecular weight is 390 g/mol. The molecule has 29 heavy (non-hydrogen) atoms. The molecule has 0 saturated heterocycles. The molecule has 4 nitrogen and oxygen atoms in total. The van der Waals surface area contributed by atoms with Crippen LogP contribution in [0.3, 0.4) is 0 Å². The average Bonchev–Trinajstić information content (AvgIpc) is 3.01. The molecule has 1 heterocycles. The largest absolute Gasteiger partial charge is 0.368 e. The van der Waals surface area contributed by atoms with Crippen molar-refractivity contribution in [2.75, 3.05) is 0 Å². The van der Waals surface area contributed by atoms with E-state index in [2.05, 4.69) is 48.7 Å². The number of carbonyl (C=O) groups is 1. The Morgan fingerprint density at radius 3 is 2.48 bits per heavy atom. The van der Waals surface area contributed by atoms with E-state index in [0.717, 1.165) is 29.1 Å². The fraction of sp³-hybridized carbons (Fsp3) is 0.250. The maximum atomic E-state index is 13.9. The molecule has 1 aliphatic carbocycles. The van der Waals surface area contributed by atoms with Crippen molar-refractivity contribution in [1.82, 2.24) is 4.57 Å². The molecule has 0 spiro atoms. The summed E-state index contributed by atoms with van der Waals surface area (Å²) in [7, 11) is 0. The number of fused-ring (bicyclic) bond motifs is 1. The van der Waals surface area contributed by atoms with E-state index in [9.17, 15) is 9.18 Å². The Balaban J connectivity index is 1.73. The Bertz CT molecular complexity index is 1100. The second kappa shape index (κ2) is 7.32. The third-order valence-corrected chi connectivity index (χ3v) is 5.24. The van der Waals surface area contributed by atoms with Crippen LogP contribution in [-0.4, -0.2) is 16.2 Å². The predicted octanol–water partition coefficient (Wildman–Crippen LogP) is 5.46. The van der Waals surface area contributed by atoms with Crippen LogP contribution in [0.15, 0.2) is 65.8 Å². The molecule has 0 N–H and O–H groups in total. The summed E-state index contributed by atoms with van der Waals surface area (Å²) in [6, 6.07) is 18.0. The molecular weight excluding hydrogens is 367 g/mol. The third kappa shape index (κ3) is 3.73. The van der Waals surface area contributed by atoms with E-state index in [1.807, 2.05) is 18.2 Å². The summed E-state index contributed by atoms with van der Waals surface area (Å²) in [4.78, 5) is 17.5. The molecule has 0 bridgehead atoms. The van der Waals surface area contributed by atoms with Gasteiger partial charge < -0.3 is 9.40 Å². The first-order valence-electron chi connectivity index (χ1n) is 9.65. The number of aromatic nitrogens is 1. The molecular formula is C24H23FN2O2. The SMILES string of the molecule is Cc1cc2c(n1-c1ccccc1)CC(C)(C)C/C2=N\OC(=O)c1ccccc1F. The van der Waals surface area contributed by atoms with Crippen LogP contribution in [0.25, 0.3) is 5.69 Å². The number of carbonyl (C=O) groups excluding carboxylic acids is 1. The maximum absolute atomic E-state index is 13.9. The Hall–Kier alpha value is -3.21. The number of hydrogen-bond donors (Lipinski definition) is 0. The minimum Gasteiger partial charge on any atom is -0.318 e. The standard InChI is InChI=1S/C24H23FN2O2/c1-16-13-19-21(26-29-23(28)18-11-7-8-12-20(18)25)14-24(2,3)15-22(19)27(16)17-9-5-4-6-10-17/h4-13H,14-15H2,1-3H3/b26-21+. The predicted molar refractivity (Wildman–Crippen MR) is 111 cm³/mol. The lowest BCUT2D eigenvalue weighted by molar-refractivity contribution is 0.0508. The molecule has 0 amide bonds. The van der Waals surface area contributed by atoms with Gasteiger partial charge in [0.15, 0.2) is 0 Å². The third-order valence-electron chi connectivity index (χ3n) is 5.24. The highest BCUT2D eigenvalue weighted by Gasteiger charge is 2.33. The van der Waals surface area contributed by atoms with Gasteiger partial charge >= 0.3 is 5.97 Å². The molecule has 0 atom stereocenters. The summed E-state index contributed by atoms with van der Waals surface area (Å²) in [5.41, 5.74) is 4.84. The summed E-state index contributed by atoms with van der Waals surface area (Å²) >= 11 is 0. The van der Waals surface area contributed by atoms with Crippen LogP contribution in [0, 0.1) is 18.2 Å². The van der Waals surface area contributed by atoms with Crippen molar-refractivity contribution in [1.29, 1.82) is 0 Å². The zero-order valence-electron chi connectivity index (χ0n) is 16.8. The lowest BCUT2D eigenvalue weighted by atomic mass is 9.76. The molecule has 2 aromatic carbocycles. The molecule has 3 aromatic rings. The maximum Gasteiger partial charge on any atom is 0.368 e. The van der Waals surface area contributed by atoms with Gasteiger partial charge in [-0.05, 0) is 55.5 Å². The van der Waals surface area contributed by atoms with Gasteiger partial charge in [0.2, 0.25) is 0 Å². The van der Waals surface area contributed by atoms with E-state index in [1.165, 1.54) is 18.2 Å². The minimum atomic E-state index is -0.792. The first-order chi connectivity index (χ1) is 13.9. The van der Waals surface area contributed by atoms with Gasteiger partial charge in [-0.2, -0.15) is 0 Å². The molecule has 0 fully saturated rings. The highest BCUT2D eigenvalue weighted by atomic mass is 19.1. The van der Waals surface area contributed by atoms with E-state index in [0.29, 0.717) is 12.1 Å². The molecule has 1 aromatic heterocycles. The second-order valence-electron chi connectivity index (χ2n) is 8.23. The van der Waals surface area contributed by atoms with Crippen molar-refractivity contribution in [3.63, 3.8) is 0 Å². The second-order valence-corrected chi connectivity index (χ2v) is 8.23. The van der Waals surface area contributed by atoms with Crippen molar-refractivity contribution in [2.45, 2.75) is 33.6 Å². The smallest absolute Gasteiger partial charge is 0.318 e. The quantitative estimate of drug-likeness (QED) is 0.440. The Kier molecular flexibility index (Phi) is 4.82. The van der Waals surface area contributed by atoms with Crippen LogP contribution in [0.4, 0.5) is 4.39 Å². The van der Waals surface area contributed by atoms with Gasteiger partial charge in [0.1, 0.15) is 5.82 Å². The number of para-hydroxylation sites is 1. The molecule has 148 valence electrons. The number of halogens is 1. The van der Waals surface area contributed by atoms with Crippen LogP contribution in [-0.2, 0) is 11.3 Å². The number of nitrogens with zero attached hydrogens (tertiary/aromatic N) is 2. The number of hydrogen-bond acceptors (Lipinski definition) is 3. The van der Waals surface area contributed by atoms with Gasteiger partial charge in [0.05, 0.1) is 11.3 Å². The van der Waals surface area contributed by atoms with Gasteiger partial charge in [-0.1, -0.05) is 49.3 Å². The van der Waals surface area contributed by atoms with Crippen molar-refractivity contribution in [3.8, 4) is 5.69 Å². The summed E-state index contributed by atoms with van der Waals surface area (Å²) in [6.45, 7) is 6.39. The first kappa shape index (κ1) is 19.1. The van der Waals surface area contributed by atoms with Crippen molar-refractivity contribution >= 4 is 11.7 Å². The topological polar surface area (TPSA) is 43.6 Å². The van der Waals surface area contributed by atoms with Crippen molar-refractivity contribution in [2.24, 2.45) is 10.6 Å². The number of rotatable bonds is 3. The van der Waals surface area contributed by atoms with E-state index in [4.69, 9.17) is 4.84 Å². The van der Waals surface area contributed by atoms with E-state index in [1.54, 1.807) is 6.07 Å². The van der Waals surface area contributed by atoms with E-state index < -0.39 is 11.8 Å². The highest BCUT2D eigenvalue weighted by molar-refractivity contribution is 6.03. The lowest BCUT2D eigenvalue weighted by Crippen LogP contribution is -2.28. The fourth-order valence-corrected chi connectivity index (χ4v) is 3.97. The molecule has 0 saturated carbocycles. The van der Waals surface area contributed by atoms with E-state index >= 15 is 0 Å². The Labute approximate surface area is 169 Å². The van der Waals surface area contributed by atoms with E-state index in [-0.39, 0.29) is 11.0 Å². The summed E-state index contributed by atoms with van der Waals surface area (Å²) in [6.07, 6.45) is 1.55. The van der Waals surface area contributed by atoms with Crippen LogP contribution < -0.4 is 0 Å². The zero-order valence-corrected chi connectivity index (χ0v) is 16.8. The zero-order chi connectivity index (χ0) is 20.6. The fourth-order valence-electron chi connectivity index (χ4n) is 3.97. The van der Waals surface area contributed by atoms with Gasteiger partial charge in [0, 0.05) is 22.6 Å². The van der Waals surface area contributed by atoms with Gasteiger partial charge in [-0.3, -0.25) is 0 Å². The van der Waals surface area contributed by atoms with Gasteiger partial charge in [-0.15, -0.1) is 0 Å². The molecule has 5 heteroatoms. The Morgan fingerprint density at radius 1 is 1.07 bits per heavy atom. The lowest BCUT2D eigenvalue weighted by Gasteiger charge is -2.31. The van der Waals surface area contributed by atoms with Crippen LogP contribution in [0.5, 0.6) is 0 Å². The first-order valence-corrected chi connectivity index (χ1v) is 9.65. The van der Waals surface area contributed by atoms with Crippen molar-refractivity contribution in [3.05, 3.63) is 89.0 Å². The molecule has 0 unspecified atom stereocenters. The number of benzene rings is 2. The highest BCUT2D eigenvalue weighted by Crippen LogP contribution is 2.38. The summed E-state index contributed by atoms with van der Waals surface area (Å²) in [5.74, 6) is -1.41. The van der Waals surface area contributed by atoms with Gasteiger partial charge in [0.25, 0.3) is 0 Å². The Morgan fingerprint density at radius 2 is 1.76 bits per heavy atom. The molecule has 1 aliphatic rings.